The summed E-state index contributed by atoms with van der Waals surface area (Å²) in [5.41, 5.74) is 0.230. The Kier molecular flexibility index (Phi) is 3.70. The summed E-state index contributed by atoms with van der Waals surface area (Å²) < 4.78 is 66.8. The summed E-state index contributed by atoms with van der Waals surface area (Å²) in [5.74, 6) is -2.23. The van der Waals surface area contributed by atoms with E-state index in [1.807, 2.05) is 4.57 Å². The third kappa shape index (κ3) is 3.06. The number of hydrogen-bond acceptors (Lipinski definition) is 2. The molecule has 0 radical (unpaired) electrons. The fraction of sp³-hybridized carbons (Fsp3) is 0.588. The zero-order chi connectivity index (χ0) is 17.8. The zero-order valence-electron chi connectivity index (χ0n) is 13.4. The number of halogens is 5. The van der Waals surface area contributed by atoms with Crippen molar-refractivity contribution in [1.82, 2.24) is 9.55 Å². The van der Waals surface area contributed by atoms with Crippen LogP contribution in [0.5, 0.6) is 0 Å². The molecule has 0 atom stereocenters. The molecule has 3 nitrogen and oxygen atoms in total. The maximum absolute atomic E-state index is 13.0. The molecule has 2 aliphatic rings. The smallest absolute Gasteiger partial charge is 0.355 e. The highest BCUT2D eigenvalue weighted by Crippen LogP contribution is 2.43. The highest BCUT2D eigenvalue weighted by molar-refractivity contribution is 5.80. The van der Waals surface area contributed by atoms with Crippen LogP contribution in [-0.2, 0) is 6.18 Å². The largest absolute Gasteiger partial charge is 0.416 e. The maximum atomic E-state index is 13.0. The molecular weight excluding hydrogens is 341 g/mol. The molecule has 2 aromatic rings. The maximum Gasteiger partial charge on any atom is 0.416 e. The second-order valence-corrected chi connectivity index (χ2v) is 7.10. The van der Waals surface area contributed by atoms with E-state index in [2.05, 4.69) is 10.3 Å². The van der Waals surface area contributed by atoms with E-state index >= 15 is 0 Å². The molecule has 136 valence electrons. The zero-order valence-corrected chi connectivity index (χ0v) is 13.4. The van der Waals surface area contributed by atoms with Crippen LogP contribution in [0.25, 0.3) is 11.0 Å². The summed E-state index contributed by atoms with van der Waals surface area (Å²) in [6.07, 6.45) is -1.91. The van der Waals surface area contributed by atoms with Gasteiger partial charge in [-0.25, -0.2) is 13.8 Å². The lowest BCUT2D eigenvalue weighted by Gasteiger charge is -2.35. The predicted molar refractivity (Wildman–Crippen MR) is 83.8 cm³/mol. The Hall–Kier alpha value is -1.86. The van der Waals surface area contributed by atoms with E-state index in [1.165, 1.54) is 6.07 Å². The van der Waals surface area contributed by atoms with E-state index < -0.39 is 17.7 Å². The van der Waals surface area contributed by atoms with Crippen LogP contribution in [-0.4, -0.2) is 22.0 Å². The van der Waals surface area contributed by atoms with Crippen molar-refractivity contribution in [3.63, 3.8) is 0 Å². The van der Waals surface area contributed by atoms with Gasteiger partial charge in [-0.2, -0.15) is 13.2 Å². The highest BCUT2D eigenvalue weighted by atomic mass is 19.4. The van der Waals surface area contributed by atoms with E-state index in [4.69, 9.17) is 0 Å². The van der Waals surface area contributed by atoms with Gasteiger partial charge in [0.1, 0.15) is 0 Å². The number of rotatable bonds is 4. The van der Waals surface area contributed by atoms with Crippen molar-refractivity contribution in [1.29, 1.82) is 0 Å². The normalized spacial score (nSPS) is 21.2. The van der Waals surface area contributed by atoms with Crippen LogP contribution in [0.3, 0.4) is 0 Å². The van der Waals surface area contributed by atoms with Gasteiger partial charge in [0.15, 0.2) is 0 Å². The average molecular weight is 359 g/mol. The number of alkyl halides is 5. The molecule has 4 rings (SSSR count). The Bertz CT molecular complexity index is 783. The number of nitrogens with zero attached hydrogens (tertiary/aromatic N) is 2. The van der Waals surface area contributed by atoms with Gasteiger partial charge in [-0.05, 0) is 43.4 Å². The topological polar surface area (TPSA) is 29.9 Å². The van der Waals surface area contributed by atoms with E-state index in [1.54, 1.807) is 0 Å². The van der Waals surface area contributed by atoms with E-state index in [9.17, 15) is 22.0 Å². The second-order valence-electron chi connectivity index (χ2n) is 7.10. The Morgan fingerprint density at radius 1 is 1.20 bits per heavy atom. The lowest BCUT2D eigenvalue weighted by molar-refractivity contribution is -0.137. The number of hydrogen-bond donors (Lipinski definition) is 1. The first-order valence-electron chi connectivity index (χ1n) is 8.44. The number of imidazole rings is 1. The van der Waals surface area contributed by atoms with Gasteiger partial charge in [0.05, 0.1) is 16.6 Å². The van der Waals surface area contributed by atoms with Crippen LogP contribution in [0.4, 0.5) is 27.9 Å². The summed E-state index contributed by atoms with van der Waals surface area (Å²) in [6, 6.07) is 3.63. The molecule has 0 aliphatic heterocycles. The van der Waals surface area contributed by atoms with Crippen LogP contribution in [0.15, 0.2) is 18.2 Å². The second kappa shape index (κ2) is 5.57. The molecular formula is C17H18F5N3. The molecule has 1 heterocycles. The molecule has 2 saturated carbocycles. The summed E-state index contributed by atoms with van der Waals surface area (Å²) in [5, 5.41) is 3.09. The van der Waals surface area contributed by atoms with Gasteiger partial charge in [0.25, 0.3) is 0 Å². The number of fused-ring (bicyclic) bond motifs is 1. The number of nitrogens with one attached hydrogen (secondary N) is 1. The molecule has 0 unspecified atom stereocenters. The Balaban J connectivity index is 1.63. The number of aromatic nitrogens is 2. The SMILES string of the molecule is FC1(F)CC(CNc2nc3ccc(C(F)(F)F)cc3n2C2CCC2)C1. The fourth-order valence-electron chi connectivity index (χ4n) is 3.57. The van der Waals surface area contributed by atoms with Gasteiger partial charge in [-0.3, -0.25) is 0 Å². The predicted octanol–water partition coefficient (Wildman–Crippen LogP) is 5.24. The van der Waals surface area contributed by atoms with Crippen molar-refractivity contribution in [3.05, 3.63) is 23.8 Å². The molecule has 0 saturated heterocycles. The fourth-order valence-corrected chi connectivity index (χ4v) is 3.57. The lowest BCUT2D eigenvalue weighted by atomic mass is 9.81. The molecule has 1 aromatic heterocycles. The van der Waals surface area contributed by atoms with Crippen LogP contribution < -0.4 is 5.32 Å². The first-order valence-corrected chi connectivity index (χ1v) is 8.44. The van der Waals surface area contributed by atoms with Gasteiger partial charge in [-0.15, -0.1) is 0 Å². The van der Waals surface area contributed by atoms with E-state index in [0.717, 1.165) is 31.4 Å². The highest BCUT2D eigenvalue weighted by Gasteiger charge is 2.45. The first kappa shape index (κ1) is 16.6. The van der Waals surface area contributed by atoms with Crippen molar-refractivity contribution < 1.29 is 22.0 Å². The van der Waals surface area contributed by atoms with E-state index in [0.29, 0.717) is 23.5 Å². The van der Waals surface area contributed by atoms with Crippen LogP contribution in [0.2, 0.25) is 0 Å². The standard InChI is InChI=1S/C17H18F5N3/c18-16(19)7-10(8-16)9-23-15-24-13-5-4-11(17(20,21)22)6-14(13)25(15)12-2-1-3-12/h4-6,10,12H,1-3,7-9H2,(H,23,24). The minimum Gasteiger partial charge on any atom is -0.355 e. The van der Waals surface area contributed by atoms with Gasteiger partial charge < -0.3 is 9.88 Å². The van der Waals surface area contributed by atoms with Crippen LogP contribution in [0.1, 0.15) is 43.7 Å². The lowest BCUT2D eigenvalue weighted by Crippen LogP contribution is -2.39. The van der Waals surface area contributed by atoms with Gasteiger partial charge in [0, 0.05) is 25.4 Å². The number of benzene rings is 1. The minimum absolute atomic E-state index is 0.110. The average Bonchev–Trinajstić information content (AvgIpc) is 2.78. The third-order valence-corrected chi connectivity index (χ3v) is 5.18. The first-order chi connectivity index (χ1) is 11.7. The van der Waals surface area contributed by atoms with Gasteiger partial charge in [-0.1, -0.05) is 0 Å². The van der Waals surface area contributed by atoms with Crippen molar-refractivity contribution in [3.8, 4) is 0 Å². The van der Waals surface area contributed by atoms with Gasteiger partial charge in [0.2, 0.25) is 11.9 Å². The van der Waals surface area contributed by atoms with Crippen LogP contribution in [0, 0.1) is 5.92 Å². The summed E-state index contributed by atoms with van der Waals surface area (Å²) in [6.45, 7) is 0.359. The Morgan fingerprint density at radius 2 is 1.92 bits per heavy atom. The molecule has 0 bridgehead atoms. The summed E-state index contributed by atoms with van der Waals surface area (Å²) >= 11 is 0. The molecule has 1 N–H and O–H groups in total. The molecule has 0 amide bonds. The summed E-state index contributed by atoms with van der Waals surface area (Å²) in [7, 11) is 0. The molecule has 2 aliphatic carbocycles. The van der Waals surface area contributed by atoms with Gasteiger partial charge >= 0.3 is 6.18 Å². The molecule has 2 fully saturated rings. The molecule has 0 spiro atoms. The Labute approximate surface area is 141 Å². The van der Waals surface area contributed by atoms with Crippen molar-refractivity contribution >= 4 is 17.0 Å². The van der Waals surface area contributed by atoms with E-state index in [-0.39, 0.29) is 24.8 Å². The summed E-state index contributed by atoms with van der Waals surface area (Å²) in [4.78, 5) is 4.40. The molecule has 25 heavy (non-hydrogen) atoms. The number of anilines is 1. The van der Waals surface area contributed by atoms with Crippen molar-refractivity contribution in [2.45, 2.75) is 50.2 Å². The molecule has 1 aromatic carbocycles. The van der Waals surface area contributed by atoms with Crippen LogP contribution >= 0.6 is 0 Å². The van der Waals surface area contributed by atoms with Crippen molar-refractivity contribution in [2.75, 3.05) is 11.9 Å². The minimum atomic E-state index is -4.41. The Morgan fingerprint density at radius 3 is 2.48 bits per heavy atom. The monoisotopic (exact) mass is 359 g/mol. The third-order valence-electron chi connectivity index (χ3n) is 5.18. The van der Waals surface area contributed by atoms with Crippen molar-refractivity contribution in [2.24, 2.45) is 5.92 Å². The quantitative estimate of drug-likeness (QED) is 0.757. The molecule has 8 heteroatoms.